The van der Waals surface area contributed by atoms with Crippen molar-refractivity contribution in [2.45, 2.75) is 102 Å². The molecule has 2 heterocycles. The molecule has 0 unspecified atom stereocenters. The van der Waals surface area contributed by atoms with Gasteiger partial charge in [0.1, 0.15) is 42.6 Å². The topological polar surface area (TPSA) is 237 Å². The van der Waals surface area contributed by atoms with Gasteiger partial charge in [-0.05, 0) is 106 Å². The normalized spacial score (nSPS) is 22.3. The molecule has 4 aromatic carbocycles. The molecule has 2 bridgehead atoms. The number of ketones is 1. The molecule has 6 amide bonds. The minimum Gasteiger partial charge on any atom is -0.493 e. The van der Waals surface area contributed by atoms with Crippen molar-refractivity contribution in [2.24, 2.45) is 5.41 Å². The van der Waals surface area contributed by atoms with Crippen LogP contribution in [0.5, 0.6) is 17.2 Å². The number of esters is 2. The number of amides is 6. The molecule has 82 heavy (non-hydrogen) atoms. The van der Waals surface area contributed by atoms with Crippen molar-refractivity contribution in [2.75, 3.05) is 68.2 Å². The smallest absolute Gasteiger partial charge is 0.330 e. The average Bonchev–Trinajstić information content (AvgIpc) is 3.69. The largest absolute Gasteiger partial charge is 0.493 e. The first-order chi connectivity index (χ1) is 39.2. The fourth-order valence-electron chi connectivity index (χ4n) is 9.61. The number of benzene rings is 4. The van der Waals surface area contributed by atoms with Gasteiger partial charge in [-0.25, -0.2) is 9.59 Å². The zero-order valence-corrected chi connectivity index (χ0v) is 48.1. The van der Waals surface area contributed by atoms with Crippen LogP contribution < -0.4 is 24.8 Å². The lowest BCUT2D eigenvalue weighted by molar-refractivity contribution is -0.165. The van der Waals surface area contributed by atoms with Crippen molar-refractivity contribution in [3.05, 3.63) is 138 Å². The first-order valence-corrected chi connectivity index (χ1v) is 27.5. The van der Waals surface area contributed by atoms with Crippen LogP contribution in [0.3, 0.4) is 0 Å². The van der Waals surface area contributed by atoms with Crippen LogP contribution in [-0.2, 0) is 71.9 Å². The van der Waals surface area contributed by atoms with Crippen molar-refractivity contribution < 1.29 is 66.8 Å². The number of methoxy groups -OCH3 is 2. The lowest BCUT2D eigenvalue weighted by Crippen LogP contribution is -2.58. The Morgan fingerprint density at radius 3 is 2.06 bits per heavy atom. The molecule has 5 atom stereocenters. The Labute approximate surface area is 479 Å². The van der Waals surface area contributed by atoms with Crippen molar-refractivity contribution in [3.8, 4) is 17.2 Å². The number of carbonyl (C=O) groups excluding carboxylic acids is 9. The number of carbonyl (C=O) groups is 9. The van der Waals surface area contributed by atoms with Gasteiger partial charge in [0.15, 0.2) is 18.1 Å². The van der Waals surface area contributed by atoms with E-state index in [2.05, 4.69) is 10.6 Å². The lowest BCUT2D eigenvalue weighted by Gasteiger charge is -2.36. The summed E-state index contributed by atoms with van der Waals surface area (Å²) in [6.45, 7) is 3.23. The van der Waals surface area contributed by atoms with Crippen LogP contribution in [0.15, 0.2) is 115 Å². The van der Waals surface area contributed by atoms with Crippen LogP contribution in [0.2, 0.25) is 0 Å². The number of hydrogen-bond acceptors (Lipinski definition) is 14. The maximum absolute atomic E-state index is 14.5. The van der Waals surface area contributed by atoms with E-state index in [1.54, 1.807) is 49.5 Å². The van der Waals surface area contributed by atoms with Crippen LogP contribution >= 0.6 is 0 Å². The van der Waals surface area contributed by atoms with E-state index in [-0.39, 0.29) is 50.9 Å². The summed E-state index contributed by atoms with van der Waals surface area (Å²) in [6, 6.07) is 25.7. The van der Waals surface area contributed by atoms with Crippen LogP contribution in [0, 0.1) is 5.41 Å². The SMILES string of the molecule is COc1ccc(CC[C@H]2OC(=O)[C@@H]3CCCCN3C(=O)C(=O)C(C)(C)COC(=O)/C=C\CCN(C)C(=O)[C@@H](Cc3ccccc3)NC(=O)[C@H](Cc3ccccc3)N(C)C(=O)[C@@H](C)NC(=O)CN(C)C(=O)COc3cccc2c3)cc1OC. The Bertz CT molecular complexity index is 2930. The van der Waals surface area contributed by atoms with Gasteiger partial charge in [-0.15, -0.1) is 0 Å². The first-order valence-electron chi connectivity index (χ1n) is 27.5. The highest BCUT2D eigenvalue weighted by Gasteiger charge is 2.43. The van der Waals surface area contributed by atoms with Gasteiger partial charge in [-0.2, -0.15) is 0 Å². The summed E-state index contributed by atoms with van der Waals surface area (Å²) in [4.78, 5) is 131. The summed E-state index contributed by atoms with van der Waals surface area (Å²) in [7, 11) is 7.46. The predicted octanol–water partition coefficient (Wildman–Crippen LogP) is 5.00. The van der Waals surface area contributed by atoms with Gasteiger partial charge in [-0.1, -0.05) is 84.9 Å². The molecule has 438 valence electrons. The molecule has 4 aromatic rings. The first kappa shape index (κ1) is 62.6. The van der Waals surface area contributed by atoms with Gasteiger partial charge in [0.2, 0.25) is 29.4 Å². The molecule has 0 saturated carbocycles. The second-order valence-corrected chi connectivity index (χ2v) is 21.2. The van der Waals surface area contributed by atoms with E-state index >= 15 is 0 Å². The number of aryl methyl sites for hydroxylation is 1. The number of fused-ring (bicyclic) bond motifs is 3. The second kappa shape index (κ2) is 29.8. The summed E-state index contributed by atoms with van der Waals surface area (Å²) in [5, 5.41) is 5.56. The van der Waals surface area contributed by atoms with Crippen LogP contribution in [0.25, 0.3) is 0 Å². The van der Waals surface area contributed by atoms with Crippen LogP contribution in [0.4, 0.5) is 0 Å². The van der Waals surface area contributed by atoms with Crippen molar-refractivity contribution >= 4 is 53.2 Å². The number of hydrogen-bond donors (Lipinski definition) is 2. The number of nitrogens with zero attached hydrogens (tertiary/aromatic N) is 4. The van der Waals surface area contributed by atoms with E-state index in [0.717, 1.165) is 27.7 Å². The molecule has 0 aliphatic carbocycles. The van der Waals surface area contributed by atoms with Gasteiger partial charge in [0.05, 0.1) is 26.2 Å². The summed E-state index contributed by atoms with van der Waals surface area (Å²) < 4.78 is 28.7. The molecule has 6 rings (SSSR count). The molecular weight excluding hydrogens is 1050 g/mol. The van der Waals surface area contributed by atoms with Crippen molar-refractivity contribution in [3.63, 3.8) is 0 Å². The molecule has 2 aliphatic heterocycles. The number of nitrogens with one attached hydrogen (secondary N) is 2. The fraction of sp³-hybridized carbons (Fsp3) is 0.435. The van der Waals surface area contributed by atoms with Gasteiger partial charge < -0.3 is 53.9 Å². The third-order valence-electron chi connectivity index (χ3n) is 14.5. The third kappa shape index (κ3) is 17.5. The quantitative estimate of drug-likeness (QED) is 0.166. The zero-order chi connectivity index (χ0) is 59.5. The molecule has 0 aromatic heterocycles. The van der Waals surface area contributed by atoms with Crippen LogP contribution in [0.1, 0.15) is 81.2 Å². The number of piperidine rings is 1. The Hall–Kier alpha value is -8.55. The van der Waals surface area contributed by atoms with E-state index < -0.39 is 109 Å². The van der Waals surface area contributed by atoms with E-state index in [4.69, 9.17) is 23.7 Å². The average molecular weight is 1130 g/mol. The third-order valence-corrected chi connectivity index (χ3v) is 14.5. The molecule has 20 nitrogen and oxygen atoms in total. The number of rotatable bonds is 9. The number of likely N-dealkylation sites (N-methyl/N-ethyl adjacent to an activating group) is 3. The van der Waals surface area contributed by atoms with Gasteiger partial charge in [0.25, 0.3) is 11.8 Å². The molecular formula is C62H76N6O14. The molecule has 20 heteroatoms. The Kier molecular flexibility index (Phi) is 22.7. The van der Waals surface area contributed by atoms with E-state index in [1.165, 1.54) is 69.9 Å². The van der Waals surface area contributed by atoms with Crippen molar-refractivity contribution in [1.29, 1.82) is 0 Å². The maximum atomic E-state index is 14.5. The summed E-state index contributed by atoms with van der Waals surface area (Å²) in [6.07, 6.45) is 4.06. The fourth-order valence-corrected chi connectivity index (χ4v) is 9.61. The highest BCUT2D eigenvalue weighted by Crippen LogP contribution is 2.33. The van der Waals surface area contributed by atoms with Gasteiger partial charge in [0, 0.05) is 53.2 Å². The van der Waals surface area contributed by atoms with E-state index in [0.29, 0.717) is 36.3 Å². The number of cyclic esters (lactones) is 2. The molecule has 0 spiro atoms. The second-order valence-electron chi connectivity index (χ2n) is 21.2. The Balaban J connectivity index is 1.28. The van der Waals surface area contributed by atoms with Gasteiger partial charge in [-0.3, -0.25) is 33.6 Å². The maximum Gasteiger partial charge on any atom is 0.330 e. The van der Waals surface area contributed by atoms with E-state index in [9.17, 15) is 43.2 Å². The molecule has 1 fully saturated rings. The summed E-state index contributed by atoms with van der Waals surface area (Å²) >= 11 is 0. The number of Topliss-reactive ketones (excluding diaryl/α,β-unsaturated/α-hetero) is 1. The Morgan fingerprint density at radius 1 is 0.695 bits per heavy atom. The van der Waals surface area contributed by atoms with E-state index in [1.807, 2.05) is 60.7 Å². The zero-order valence-electron chi connectivity index (χ0n) is 48.1. The number of ether oxygens (including phenoxy) is 5. The predicted molar refractivity (Wildman–Crippen MR) is 303 cm³/mol. The highest BCUT2D eigenvalue weighted by molar-refractivity contribution is 6.38. The summed E-state index contributed by atoms with van der Waals surface area (Å²) in [5.74, 6) is -4.97. The minimum atomic E-state index is -1.50. The highest BCUT2D eigenvalue weighted by atomic mass is 16.5. The van der Waals surface area contributed by atoms with Gasteiger partial charge >= 0.3 is 11.9 Å². The van der Waals surface area contributed by atoms with Crippen molar-refractivity contribution in [1.82, 2.24) is 30.2 Å². The summed E-state index contributed by atoms with van der Waals surface area (Å²) in [5.41, 5.74) is 1.32. The monoisotopic (exact) mass is 1130 g/mol. The Morgan fingerprint density at radius 2 is 1.38 bits per heavy atom. The standard InChI is InChI=1S/C62H76N6O14/c1-41-58(74)67(6)49(35-43-22-13-10-14-23-43)57(73)64-47(34-42-20-11-9-12-21-42)59(75)65(4)32-17-16-27-55(71)81-40-62(2,3)56(72)60(76)68-33-18-15-26-48(68)61(77)82-50(30-28-44-29-31-51(78-7)52(36-44)79-8)45-24-19-25-46(37-45)80-39-54(70)66(5)38-53(69)63-41/h9-14,16,19-25,27,29,31,36-37,41,47-50H,15,17-18,26,28,30,32-35,38-40H2,1-8H3,(H,63,69)(H,64,73)/b27-16-/t41-,47-,48+,49+,50-/m1/s1. The minimum absolute atomic E-state index is 0.0599. The molecule has 2 aliphatic rings. The molecule has 1 saturated heterocycles. The van der Waals surface area contributed by atoms with Crippen LogP contribution in [-0.4, -0.2) is 165 Å². The molecule has 0 radical (unpaired) electrons. The molecule has 2 N–H and O–H groups in total. The lowest BCUT2D eigenvalue weighted by atomic mass is 9.87.